The van der Waals surface area contributed by atoms with Crippen LogP contribution in [0.15, 0.2) is 237 Å². The van der Waals surface area contributed by atoms with Gasteiger partial charge in [0.2, 0.25) is 0 Å². The Bertz CT molecular complexity index is 6270. The van der Waals surface area contributed by atoms with Crippen molar-refractivity contribution >= 4 is 63.9 Å². The number of benzene rings is 5. The van der Waals surface area contributed by atoms with Crippen molar-refractivity contribution in [3.05, 3.63) is 310 Å². The molecule has 0 aliphatic carbocycles. The van der Waals surface area contributed by atoms with Crippen LogP contribution in [0.5, 0.6) is 11.5 Å². The van der Waals surface area contributed by atoms with Gasteiger partial charge in [-0.25, -0.2) is 58.6 Å². The molecule has 4 aliphatic heterocycles. The highest BCUT2D eigenvalue weighted by molar-refractivity contribution is 5.71. The van der Waals surface area contributed by atoms with Gasteiger partial charge in [-0.2, -0.15) is 0 Å². The number of methoxy groups -OCH3 is 1. The van der Waals surface area contributed by atoms with E-state index in [0.717, 1.165) is 107 Å². The largest absolute Gasteiger partial charge is 0.496 e. The van der Waals surface area contributed by atoms with Crippen LogP contribution in [0.25, 0.3) is 57.6 Å². The lowest BCUT2D eigenvalue weighted by Gasteiger charge is -2.34. The number of nitrogens with zero attached hydrogens (tertiary/aromatic N) is 19. The molecule has 0 saturated carbocycles. The lowest BCUT2D eigenvalue weighted by molar-refractivity contribution is 0.121. The zero-order valence-electron chi connectivity index (χ0n) is 74.8. The molecule has 34 heteroatoms. The van der Waals surface area contributed by atoms with Gasteiger partial charge in [0.25, 0.3) is 0 Å². The van der Waals surface area contributed by atoms with E-state index in [0.29, 0.717) is 231 Å². The molecule has 0 spiro atoms. The fraction of sp³-hybridized carbons (Fsp3) is 0.250. The lowest BCUT2D eigenvalue weighted by atomic mass is 10.0. The van der Waals surface area contributed by atoms with Gasteiger partial charge >= 0.3 is 0 Å². The second-order valence-corrected chi connectivity index (χ2v) is 31.4. The topological polar surface area (TPSA) is 444 Å². The molecule has 5 aromatic carbocycles. The Hall–Kier alpha value is -15.7. The van der Waals surface area contributed by atoms with Gasteiger partial charge in [-0.05, 0) is 127 Å². The standard InChI is InChI=1S/C24H27FN6O2.C24H26FN5O2.2C18H19N5O.C16H15N5/c25-20-4-2-1-3-17(20)15-19-22(26)28-23(29-24(19)31-9-13-33-14-10-31)21-6-5-18(16-27-21)30-7-11-32-12-8-30;25-20-6-2-1-5-18(20)17-19-23(29-9-13-31-14-10-29)27-22(21-7-3-4-8-26-21)28-24(19)30-11-15-32-16-12-30;1-11-6-7-15(24-2)12(9-11)10-13-16(19)22-18(23-17(13)20)14-5-3-4-8-21-14;1-2-24-15-9-4-3-7-12(15)11-13-16(19)22-18(23-17(13)20)14-8-5-6-10-21-14;17-14-12(10-11-6-2-1-3-7-11)15(18)21-16(20-14)13-8-4-5-9-19-13/h1-6,16H,7-15H2,(H2,26,28,29);1-8H,9-17H2;3-9H,10H2,1-2H3,(H4,19,20,22,23);3-10H,2,11H2,1H3,(H4,19,20,22,23);1-9H,10H2,(H4,17,18,20,21). The highest BCUT2D eigenvalue weighted by Gasteiger charge is 2.29. The van der Waals surface area contributed by atoms with Crippen molar-refractivity contribution in [1.82, 2.24) is 74.8 Å². The van der Waals surface area contributed by atoms with Crippen molar-refractivity contribution in [2.24, 2.45) is 0 Å². The number of aryl methyl sites for hydroxylation is 1. The smallest absolute Gasteiger partial charge is 0.182 e. The van der Waals surface area contributed by atoms with E-state index >= 15 is 0 Å². The molecule has 686 valence electrons. The van der Waals surface area contributed by atoms with Crippen LogP contribution in [-0.4, -0.2) is 194 Å². The summed E-state index contributed by atoms with van der Waals surface area (Å²) in [5.74, 6) is 8.35. The van der Waals surface area contributed by atoms with E-state index in [4.69, 9.17) is 83.5 Å². The Balaban J connectivity index is 0.000000129. The Kier molecular flexibility index (Phi) is 31.8. The molecule has 32 nitrogen and oxygen atoms in total. The Morgan fingerprint density at radius 2 is 0.649 bits per heavy atom. The van der Waals surface area contributed by atoms with Crippen molar-refractivity contribution in [1.29, 1.82) is 0 Å². The second kappa shape index (κ2) is 45.7. The molecule has 0 radical (unpaired) electrons. The number of rotatable bonds is 22. The first-order chi connectivity index (χ1) is 65.5. The predicted molar refractivity (Wildman–Crippen MR) is 518 cm³/mol. The molecule has 4 fully saturated rings. The van der Waals surface area contributed by atoms with Crippen LogP contribution in [0, 0.1) is 18.6 Å². The van der Waals surface area contributed by atoms with E-state index in [1.165, 1.54) is 12.1 Å². The van der Waals surface area contributed by atoms with Gasteiger partial charge in [-0.15, -0.1) is 0 Å². The molecular weight excluding hydrogens is 1700 g/mol. The summed E-state index contributed by atoms with van der Waals surface area (Å²) in [5.41, 5.74) is 56.6. The molecule has 14 heterocycles. The maximum atomic E-state index is 14.6. The van der Waals surface area contributed by atoms with E-state index in [9.17, 15) is 8.78 Å². The number of pyridine rings is 5. The normalized spacial score (nSPS) is 13.6. The van der Waals surface area contributed by atoms with Crippen LogP contribution >= 0.6 is 0 Å². The van der Waals surface area contributed by atoms with E-state index < -0.39 is 0 Å². The first-order valence-corrected chi connectivity index (χ1v) is 44.1. The van der Waals surface area contributed by atoms with E-state index in [-0.39, 0.29) is 11.6 Å². The molecule has 19 rings (SSSR count). The second-order valence-electron chi connectivity index (χ2n) is 31.4. The van der Waals surface area contributed by atoms with Gasteiger partial charge in [-0.3, -0.25) is 24.9 Å². The van der Waals surface area contributed by atoms with Crippen molar-refractivity contribution in [2.75, 3.05) is 179 Å². The first-order valence-electron chi connectivity index (χ1n) is 44.1. The van der Waals surface area contributed by atoms with Crippen LogP contribution in [0.1, 0.15) is 68.1 Å². The summed E-state index contributed by atoms with van der Waals surface area (Å²) in [6.45, 7) is 15.7. The SMILES string of the molecule is CCOc1ccccc1Cc1c(N)nc(-c2ccccn2)nc1N.COc1ccc(C)cc1Cc1c(N)nc(-c2ccccn2)nc1N.Fc1ccccc1Cc1c(N2CCOCC2)nc(-c2ccccn2)nc1N1CCOCC1.Nc1nc(-c2ccc(N3CCOCC3)cn2)nc(N2CCOCC2)c1Cc1ccccc1F.Nc1nc(-c2ccccn2)nc(N)c1Cc1ccccc1. The molecule has 4 aliphatic rings. The maximum Gasteiger partial charge on any atom is 0.182 e. The van der Waals surface area contributed by atoms with Crippen LogP contribution in [0.4, 0.5) is 72.6 Å². The number of aromatic nitrogens is 15. The quantitative estimate of drug-likeness (QED) is 0.0331. The fourth-order valence-corrected chi connectivity index (χ4v) is 15.4. The van der Waals surface area contributed by atoms with E-state index in [1.807, 2.05) is 196 Å². The van der Waals surface area contributed by atoms with Crippen molar-refractivity contribution in [3.8, 4) is 69.1 Å². The summed E-state index contributed by atoms with van der Waals surface area (Å²) < 4.78 is 62.2. The third kappa shape index (κ3) is 24.1. The first kappa shape index (κ1) is 93.0. The Morgan fingerprint density at radius 3 is 1.04 bits per heavy atom. The lowest BCUT2D eigenvalue weighted by Crippen LogP contribution is -2.40. The number of para-hydroxylation sites is 1. The number of anilines is 11. The third-order valence-electron chi connectivity index (χ3n) is 22.4. The van der Waals surface area contributed by atoms with Crippen LogP contribution < -0.4 is 69.2 Å². The summed E-state index contributed by atoms with van der Waals surface area (Å²) >= 11 is 0. The van der Waals surface area contributed by atoms with E-state index in [1.54, 1.807) is 50.1 Å². The fourth-order valence-electron chi connectivity index (χ4n) is 15.4. The van der Waals surface area contributed by atoms with Crippen molar-refractivity contribution in [3.63, 3.8) is 0 Å². The summed E-state index contributed by atoms with van der Waals surface area (Å²) in [6.07, 6.45) is 11.0. The molecule has 0 amide bonds. The zero-order chi connectivity index (χ0) is 93.1. The summed E-state index contributed by atoms with van der Waals surface area (Å²) in [6, 6.07) is 63.6. The number of hydrogen-bond acceptors (Lipinski definition) is 32. The highest BCUT2D eigenvalue weighted by atomic mass is 19.1. The average Bonchev–Trinajstić information content (AvgIpc) is 0.773. The average molecular weight is 1810 g/mol. The van der Waals surface area contributed by atoms with Crippen LogP contribution in [0.2, 0.25) is 0 Å². The van der Waals surface area contributed by atoms with Gasteiger partial charge in [0.1, 0.15) is 110 Å². The van der Waals surface area contributed by atoms with Crippen molar-refractivity contribution < 1.29 is 37.2 Å². The number of nitrogen functional groups attached to an aromatic ring is 7. The maximum absolute atomic E-state index is 14.6. The van der Waals surface area contributed by atoms with Crippen molar-refractivity contribution in [2.45, 2.75) is 46.0 Å². The summed E-state index contributed by atoms with van der Waals surface area (Å²) in [7, 11) is 1.64. The Morgan fingerprint density at radius 1 is 0.313 bits per heavy atom. The summed E-state index contributed by atoms with van der Waals surface area (Å²) in [5, 5.41) is 0. The minimum Gasteiger partial charge on any atom is -0.496 e. The molecule has 0 unspecified atom stereocenters. The third-order valence-corrected chi connectivity index (χ3v) is 22.4. The molecule has 14 N–H and O–H groups in total. The van der Waals surface area contributed by atoms with Gasteiger partial charge < -0.3 is 88.2 Å². The molecule has 0 atom stereocenters. The number of nitrogens with two attached hydrogens (primary N) is 7. The minimum atomic E-state index is -0.269. The Labute approximate surface area is 775 Å². The highest BCUT2D eigenvalue weighted by Crippen LogP contribution is 2.37. The van der Waals surface area contributed by atoms with E-state index in [2.05, 4.69) is 79.4 Å². The minimum absolute atomic E-state index is 0.220. The molecule has 134 heavy (non-hydrogen) atoms. The number of halogens is 2. The zero-order valence-corrected chi connectivity index (χ0v) is 74.8. The predicted octanol–water partition coefficient (Wildman–Crippen LogP) is 13.1. The number of morpholine rings is 4. The van der Waals surface area contributed by atoms with Crippen LogP contribution in [-0.2, 0) is 51.1 Å². The number of ether oxygens (including phenoxy) is 6. The molecule has 0 bridgehead atoms. The number of hydrogen-bond donors (Lipinski definition) is 7. The van der Waals surface area contributed by atoms with Gasteiger partial charge in [-0.1, -0.05) is 127 Å². The molecule has 4 saturated heterocycles. The van der Waals surface area contributed by atoms with Gasteiger partial charge in [0.05, 0.1) is 78.5 Å². The van der Waals surface area contributed by atoms with Crippen LogP contribution in [0.3, 0.4) is 0 Å². The molecular formula is C100H106F2N26O6. The summed E-state index contributed by atoms with van der Waals surface area (Å²) in [4.78, 5) is 76.0. The van der Waals surface area contributed by atoms with Gasteiger partial charge in [0.15, 0.2) is 29.1 Å². The monoisotopic (exact) mass is 1800 g/mol. The molecule has 15 aromatic rings. The van der Waals surface area contributed by atoms with Gasteiger partial charge in [0, 0.05) is 137 Å². The molecule has 10 aromatic heterocycles.